The van der Waals surface area contributed by atoms with Crippen molar-refractivity contribution >= 4 is 26.8 Å². The highest BCUT2D eigenvalue weighted by Gasteiger charge is 2.67. The van der Waals surface area contributed by atoms with Gasteiger partial charge in [-0.25, -0.2) is 13.8 Å². The van der Waals surface area contributed by atoms with Crippen LogP contribution in [0.4, 0.5) is 0 Å². The van der Waals surface area contributed by atoms with E-state index >= 15 is 0 Å². The zero-order valence-electron chi connectivity index (χ0n) is 37.2. The van der Waals surface area contributed by atoms with Crippen LogP contribution < -0.4 is 28.2 Å². The van der Waals surface area contributed by atoms with Gasteiger partial charge in [0.15, 0.2) is 28.5 Å². The Morgan fingerprint density at radius 3 is 1.92 bits per heavy atom. The first kappa shape index (κ1) is 48.4. The molecule has 2 fully saturated rings. The highest BCUT2D eigenvalue weighted by atomic mass is 32.2. The van der Waals surface area contributed by atoms with Crippen LogP contribution in [0.5, 0.6) is 0 Å². The van der Waals surface area contributed by atoms with Crippen LogP contribution in [0.15, 0.2) is 47.8 Å². The van der Waals surface area contributed by atoms with E-state index < -0.39 is 103 Å². The third kappa shape index (κ3) is 9.22. The number of nitrogens with zero attached hydrogens (tertiary/aromatic N) is 7. The molecule has 340 valence electrons. The first-order chi connectivity index (χ1) is 28.0. The Morgan fingerprint density at radius 1 is 0.918 bits per heavy atom. The zero-order chi connectivity index (χ0) is 45.8. The van der Waals surface area contributed by atoms with Crippen molar-refractivity contribution in [3.63, 3.8) is 0 Å². The summed E-state index contributed by atoms with van der Waals surface area (Å²) in [5.41, 5.74) is 11.4. The van der Waals surface area contributed by atoms with Crippen LogP contribution in [0.3, 0.4) is 0 Å². The Bertz CT molecular complexity index is 2440. The normalized spacial score (nSPS) is 26.8. The minimum absolute atomic E-state index is 0.0615. The first-order valence-electron chi connectivity index (χ1n) is 20.4. The lowest BCUT2D eigenvalue weighted by molar-refractivity contribution is -0.0567. The SMILES string of the molecule is Cc1cn(C2CC(N=[N+]=[N-])C(CO)O2)c(=O)n(CCCCn2c(=O)c(C)cn(C3OC(CO[Si](C)(C)C(C)(C)C)C4(OS(=O)(=O)C=C4N)C3O[Si](C)(C)C(C)(C)C)c2=O)c1=O. The van der Waals surface area contributed by atoms with Gasteiger partial charge in [-0.05, 0) is 68.5 Å². The highest BCUT2D eigenvalue weighted by Crippen LogP contribution is 2.52. The Kier molecular flexibility index (Phi) is 13.6. The van der Waals surface area contributed by atoms with Crippen LogP contribution in [-0.4, -0.2) is 91.6 Å². The standard InChI is InChI=1S/C38H62N8O12SSi2/c1-23-18-45(29-17-25(41-42-40)26(20-47)55-29)34(50)43(31(23)48)15-13-14-16-44-32(49)24(2)19-46(35(44)51)33-30(57-61(11,12)37(6,7)8)38(27(39)22-59(52,53)58-38)28(56-33)21-54-60(9,10)36(3,4)5/h18-19,22,25-26,28-30,33,47H,13-17,20-21,39H2,1-12H3. The molecule has 3 aliphatic rings. The van der Waals surface area contributed by atoms with E-state index in [9.17, 15) is 32.7 Å². The van der Waals surface area contributed by atoms with Crippen molar-refractivity contribution in [1.29, 1.82) is 0 Å². The number of aryl methyl sites for hydroxylation is 2. The number of nitrogens with two attached hydrogens (primary N) is 1. The van der Waals surface area contributed by atoms with Gasteiger partial charge in [0, 0.05) is 47.9 Å². The Hall–Kier alpha value is -3.65. The summed E-state index contributed by atoms with van der Waals surface area (Å²) in [5, 5.41) is 13.6. The fraction of sp³-hybridized carbons (Fsp3) is 0.737. The van der Waals surface area contributed by atoms with Crippen LogP contribution in [0.25, 0.3) is 10.4 Å². The zero-order valence-corrected chi connectivity index (χ0v) is 40.0. The molecular formula is C38H62N8O12SSi2. The molecule has 0 saturated carbocycles. The maximum atomic E-state index is 14.5. The van der Waals surface area contributed by atoms with E-state index in [1.54, 1.807) is 13.8 Å². The molecule has 7 atom stereocenters. The number of rotatable bonds is 14. The molecule has 2 aromatic heterocycles. The molecule has 20 nitrogen and oxygen atoms in total. The van der Waals surface area contributed by atoms with Gasteiger partial charge < -0.3 is 29.2 Å². The maximum Gasteiger partial charge on any atom is 0.333 e. The van der Waals surface area contributed by atoms with E-state index in [2.05, 4.69) is 30.8 Å². The number of hydrogen-bond donors (Lipinski definition) is 2. The molecule has 3 aliphatic heterocycles. The number of ether oxygens (including phenoxy) is 2. The lowest BCUT2D eigenvalue weighted by atomic mass is 9.89. The molecule has 0 amide bonds. The molecule has 1 spiro atoms. The lowest BCUT2D eigenvalue weighted by Gasteiger charge is -2.43. The second-order valence-electron chi connectivity index (χ2n) is 19.3. The fourth-order valence-corrected chi connectivity index (χ4v) is 10.8. The third-order valence-electron chi connectivity index (χ3n) is 13.0. The van der Waals surface area contributed by atoms with Gasteiger partial charge in [-0.15, -0.1) is 0 Å². The van der Waals surface area contributed by atoms with Crippen molar-refractivity contribution in [2.45, 2.75) is 166 Å². The molecule has 0 bridgehead atoms. The molecule has 3 N–H and O–H groups in total. The number of aliphatic hydroxyl groups excluding tert-OH is 1. The summed E-state index contributed by atoms with van der Waals surface area (Å²) in [5.74, 6) is 0. The molecular weight excluding hydrogens is 849 g/mol. The maximum absolute atomic E-state index is 14.5. The number of aliphatic hydroxyl groups is 1. The molecule has 0 aromatic carbocycles. The van der Waals surface area contributed by atoms with Gasteiger partial charge in [-0.2, -0.15) is 8.42 Å². The molecule has 5 rings (SSSR count). The quantitative estimate of drug-likeness (QED) is 0.0687. The van der Waals surface area contributed by atoms with Crippen molar-refractivity contribution in [3.8, 4) is 0 Å². The van der Waals surface area contributed by atoms with Crippen molar-refractivity contribution in [2.75, 3.05) is 13.2 Å². The van der Waals surface area contributed by atoms with Gasteiger partial charge in [0.2, 0.25) is 0 Å². The summed E-state index contributed by atoms with van der Waals surface area (Å²) in [6, 6.07) is -0.715. The van der Waals surface area contributed by atoms with Crippen molar-refractivity contribution < 1.29 is 36.0 Å². The van der Waals surface area contributed by atoms with Crippen molar-refractivity contribution in [1.82, 2.24) is 18.3 Å². The Balaban J connectivity index is 1.50. The average molecular weight is 911 g/mol. The fourth-order valence-electron chi connectivity index (χ4n) is 7.29. The van der Waals surface area contributed by atoms with E-state index in [1.165, 1.54) is 21.5 Å². The predicted molar refractivity (Wildman–Crippen MR) is 231 cm³/mol. The van der Waals surface area contributed by atoms with Gasteiger partial charge in [0.05, 0.1) is 36.5 Å². The molecule has 61 heavy (non-hydrogen) atoms. The second kappa shape index (κ2) is 17.1. The third-order valence-corrected chi connectivity index (χ3v) is 23.0. The molecule has 2 aromatic rings. The van der Waals surface area contributed by atoms with E-state index in [4.69, 9.17) is 33.8 Å². The van der Waals surface area contributed by atoms with Crippen LogP contribution in [0.2, 0.25) is 36.3 Å². The van der Waals surface area contributed by atoms with E-state index in [0.29, 0.717) is 0 Å². The first-order valence-corrected chi connectivity index (χ1v) is 27.7. The molecule has 7 unspecified atom stereocenters. The number of aromatic nitrogens is 4. The number of hydrogen-bond acceptors (Lipinski definition) is 14. The van der Waals surface area contributed by atoms with Gasteiger partial charge in [0.25, 0.3) is 21.2 Å². The number of unbranched alkanes of at least 4 members (excludes halogenated alkanes) is 1. The summed E-state index contributed by atoms with van der Waals surface area (Å²) in [4.78, 5) is 57.8. The number of azide groups is 1. The molecule has 0 radical (unpaired) electrons. The molecule has 23 heteroatoms. The van der Waals surface area contributed by atoms with Crippen LogP contribution >= 0.6 is 0 Å². The van der Waals surface area contributed by atoms with Crippen molar-refractivity contribution in [3.05, 3.63) is 86.7 Å². The summed E-state index contributed by atoms with van der Waals surface area (Å²) in [6.07, 6.45) is -2.28. The van der Waals surface area contributed by atoms with Gasteiger partial charge in [-0.1, -0.05) is 46.7 Å². The van der Waals surface area contributed by atoms with E-state index in [1.807, 2.05) is 47.0 Å². The van der Waals surface area contributed by atoms with E-state index in [0.717, 1.165) is 14.5 Å². The summed E-state index contributed by atoms with van der Waals surface area (Å²) in [6.45, 7) is 22.6. The topological polar surface area (TPSA) is 263 Å². The highest BCUT2D eigenvalue weighted by molar-refractivity contribution is 7.90. The molecule has 2 saturated heterocycles. The lowest BCUT2D eigenvalue weighted by Crippen LogP contribution is -2.59. The van der Waals surface area contributed by atoms with Crippen LogP contribution in [0.1, 0.15) is 84.4 Å². The van der Waals surface area contributed by atoms with Gasteiger partial charge >= 0.3 is 11.4 Å². The van der Waals surface area contributed by atoms with Gasteiger partial charge in [0.1, 0.15) is 18.4 Å². The predicted octanol–water partition coefficient (Wildman–Crippen LogP) is 3.60. The summed E-state index contributed by atoms with van der Waals surface area (Å²) >= 11 is 0. The largest absolute Gasteiger partial charge is 0.414 e. The Labute approximate surface area is 357 Å². The van der Waals surface area contributed by atoms with Gasteiger partial charge in [-0.3, -0.25) is 27.9 Å². The Morgan fingerprint density at radius 2 is 1.44 bits per heavy atom. The molecule has 0 aliphatic carbocycles. The van der Waals surface area contributed by atoms with Crippen LogP contribution in [-0.2, 0) is 45.7 Å². The van der Waals surface area contributed by atoms with Crippen LogP contribution in [0, 0.1) is 13.8 Å². The second-order valence-corrected chi connectivity index (χ2v) is 30.2. The average Bonchev–Trinajstić information content (AvgIpc) is 3.76. The summed E-state index contributed by atoms with van der Waals surface area (Å²) in [7, 11) is -9.63. The summed E-state index contributed by atoms with van der Waals surface area (Å²) < 4.78 is 63.0. The minimum atomic E-state index is -4.33. The van der Waals surface area contributed by atoms with E-state index in [-0.39, 0.29) is 60.8 Å². The van der Waals surface area contributed by atoms with Crippen molar-refractivity contribution in [2.24, 2.45) is 10.8 Å². The molecule has 5 heterocycles. The minimum Gasteiger partial charge on any atom is -0.414 e. The smallest absolute Gasteiger partial charge is 0.333 e. The monoisotopic (exact) mass is 910 g/mol.